The molecule has 1 aromatic carbocycles. The van der Waals surface area contributed by atoms with Gasteiger partial charge in [-0.25, -0.2) is 9.37 Å². The van der Waals surface area contributed by atoms with Crippen LogP contribution in [0.25, 0.3) is 0 Å². The third-order valence-corrected chi connectivity index (χ3v) is 3.38. The summed E-state index contributed by atoms with van der Waals surface area (Å²) in [6, 6.07) is 6.60. The van der Waals surface area contributed by atoms with Crippen LogP contribution in [0, 0.1) is 5.82 Å². The molecule has 1 atom stereocenters. The van der Waals surface area contributed by atoms with Gasteiger partial charge in [0.05, 0.1) is 36.6 Å². The van der Waals surface area contributed by atoms with Crippen LogP contribution in [0.4, 0.5) is 10.1 Å². The first-order chi connectivity index (χ1) is 9.29. The number of aromatic nitrogens is 2. The van der Waals surface area contributed by atoms with Gasteiger partial charge >= 0.3 is 0 Å². The van der Waals surface area contributed by atoms with E-state index >= 15 is 0 Å². The molecule has 19 heavy (non-hydrogen) atoms. The van der Waals surface area contributed by atoms with Gasteiger partial charge in [0.2, 0.25) is 0 Å². The molecule has 0 spiro atoms. The first-order valence-corrected chi connectivity index (χ1v) is 6.43. The van der Waals surface area contributed by atoms with Gasteiger partial charge in [0.1, 0.15) is 5.82 Å². The van der Waals surface area contributed by atoms with Crippen LogP contribution in [0.5, 0.6) is 0 Å². The molecule has 2 N–H and O–H groups in total. The molecule has 0 radical (unpaired) electrons. The SMILES string of the molecule is OCC(Nc1ccccc1F)c1cncn1C1CC1. The second-order valence-electron chi connectivity index (χ2n) is 4.82. The van der Waals surface area contributed by atoms with Crippen molar-refractivity contribution in [3.8, 4) is 0 Å². The van der Waals surface area contributed by atoms with E-state index < -0.39 is 0 Å². The second-order valence-corrected chi connectivity index (χ2v) is 4.82. The monoisotopic (exact) mass is 261 g/mol. The van der Waals surface area contributed by atoms with E-state index in [4.69, 9.17) is 0 Å². The molecule has 1 saturated carbocycles. The summed E-state index contributed by atoms with van der Waals surface area (Å²) in [4.78, 5) is 4.13. The van der Waals surface area contributed by atoms with Crippen LogP contribution in [0.1, 0.15) is 30.6 Å². The molecular formula is C14H16FN3O. The Kier molecular flexibility index (Phi) is 3.21. The van der Waals surface area contributed by atoms with Crippen LogP contribution in [-0.4, -0.2) is 21.3 Å². The summed E-state index contributed by atoms with van der Waals surface area (Å²) in [6.45, 7) is -0.104. The molecule has 0 bridgehead atoms. The first kappa shape index (κ1) is 12.2. The molecule has 1 fully saturated rings. The predicted molar refractivity (Wildman–Crippen MR) is 70.3 cm³/mol. The van der Waals surface area contributed by atoms with Crippen molar-refractivity contribution in [3.63, 3.8) is 0 Å². The molecule has 2 aromatic rings. The number of hydrogen-bond acceptors (Lipinski definition) is 3. The Balaban J connectivity index is 1.84. The Hall–Kier alpha value is -1.88. The average Bonchev–Trinajstić information content (AvgIpc) is 3.16. The highest BCUT2D eigenvalue weighted by Gasteiger charge is 2.27. The number of halogens is 1. The average molecular weight is 261 g/mol. The van der Waals surface area contributed by atoms with Gasteiger partial charge in [-0.1, -0.05) is 12.1 Å². The Labute approximate surface area is 110 Å². The highest BCUT2D eigenvalue weighted by Crippen LogP contribution is 2.37. The van der Waals surface area contributed by atoms with Gasteiger partial charge in [-0.2, -0.15) is 0 Å². The Morgan fingerprint density at radius 2 is 2.21 bits per heavy atom. The van der Waals surface area contributed by atoms with E-state index in [1.165, 1.54) is 6.07 Å². The van der Waals surface area contributed by atoms with Crippen LogP contribution < -0.4 is 5.32 Å². The van der Waals surface area contributed by atoms with Crippen LogP contribution in [-0.2, 0) is 0 Å². The molecule has 1 aliphatic carbocycles. The number of para-hydroxylation sites is 1. The zero-order valence-corrected chi connectivity index (χ0v) is 10.5. The van der Waals surface area contributed by atoms with E-state index in [-0.39, 0.29) is 18.5 Å². The van der Waals surface area contributed by atoms with E-state index in [1.807, 2.05) is 0 Å². The minimum absolute atomic E-state index is 0.104. The molecule has 0 saturated heterocycles. The van der Waals surface area contributed by atoms with Gasteiger partial charge in [-0.3, -0.25) is 0 Å². The van der Waals surface area contributed by atoms with Crippen molar-refractivity contribution in [1.82, 2.24) is 9.55 Å². The van der Waals surface area contributed by atoms with E-state index in [9.17, 15) is 9.50 Å². The van der Waals surface area contributed by atoms with Crippen LogP contribution in [0.3, 0.4) is 0 Å². The summed E-state index contributed by atoms with van der Waals surface area (Å²) in [5, 5.41) is 12.6. The molecule has 1 aromatic heterocycles. The fourth-order valence-electron chi connectivity index (χ4n) is 2.22. The number of nitrogens with zero attached hydrogens (tertiary/aromatic N) is 2. The Morgan fingerprint density at radius 3 is 2.89 bits per heavy atom. The van der Waals surface area contributed by atoms with Gasteiger partial charge in [0, 0.05) is 6.04 Å². The number of rotatable bonds is 5. The Bertz CT molecular complexity index is 565. The molecule has 3 rings (SSSR count). The molecule has 0 amide bonds. The van der Waals surface area contributed by atoms with Crippen molar-refractivity contribution in [1.29, 1.82) is 0 Å². The van der Waals surface area contributed by atoms with E-state index in [0.717, 1.165) is 18.5 Å². The van der Waals surface area contributed by atoms with E-state index in [1.54, 1.807) is 30.7 Å². The lowest BCUT2D eigenvalue weighted by molar-refractivity contribution is 0.271. The zero-order chi connectivity index (χ0) is 13.2. The molecular weight excluding hydrogens is 245 g/mol. The molecule has 4 nitrogen and oxygen atoms in total. The fraction of sp³-hybridized carbons (Fsp3) is 0.357. The minimum atomic E-state index is -0.347. The van der Waals surface area contributed by atoms with Crippen LogP contribution in [0.15, 0.2) is 36.8 Å². The quantitative estimate of drug-likeness (QED) is 0.869. The topological polar surface area (TPSA) is 50.1 Å². The molecule has 1 unspecified atom stereocenters. The lowest BCUT2D eigenvalue weighted by atomic mass is 10.2. The lowest BCUT2D eigenvalue weighted by Crippen LogP contribution is -2.19. The van der Waals surface area contributed by atoms with E-state index in [0.29, 0.717) is 11.7 Å². The zero-order valence-electron chi connectivity index (χ0n) is 10.5. The molecule has 1 heterocycles. The third-order valence-electron chi connectivity index (χ3n) is 3.38. The second kappa shape index (κ2) is 5.01. The summed E-state index contributed by atoms with van der Waals surface area (Å²) in [5.74, 6) is -0.321. The maximum absolute atomic E-state index is 13.6. The molecule has 1 aliphatic rings. The molecule has 100 valence electrons. The van der Waals surface area contributed by atoms with Crippen LogP contribution >= 0.6 is 0 Å². The van der Waals surface area contributed by atoms with Gasteiger partial charge in [-0.15, -0.1) is 0 Å². The number of aliphatic hydroxyl groups is 1. The van der Waals surface area contributed by atoms with E-state index in [2.05, 4.69) is 14.9 Å². The molecule has 5 heteroatoms. The first-order valence-electron chi connectivity index (χ1n) is 6.43. The number of benzene rings is 1. The fourth-order valence-corrected chi connectivity index (χ4v) is 2.22. The van der Waals surface area contributed by atoms with Crippen LogP contribution in [0.2, 0.25) is 0 Å². The summed E-state index contributed by atoms with van der Waals surface area (Å²) < 4.78 is 15.7. The summed E-state index contributed by atoms with van der Waals surface area (Å²) in [6.07, 6.45) is 5.79. The highest BCUT2D eigenvalue weighted by atomic mass is 19.1. The lowest BCUT2D eigenvalue weighted by Gasteiger charge is -2.19. The maximum Gasteiger partial charge on any atom is 0.146 e. The number of nitrogens with one attached hydrogen (secondary N) is 1. The van der Waals surface area contributed by atoms with Gasteiger partial charge in [0.15, 0.2) is 0 Å². The van der Waals surface area contributed by atoms with Crippen molar-refractivity contribution in [3.05, 3.63) is 48.3 Å². The summed E-state index contributed by atoms with van der Waals surface area (Å²) in [5.41, 5.74) is 1.29. The Morgan fingerprint density at radius 1 is 1.42 bits per heavy atom. The largest absolute Gasteiger partial charge is 0.394 e. The van der Waals surface area contributed by atoms with Gasteiger partial charge in [0.25, 0.3) is 0 Å². The van der Waals surface area contributed by atoms with Crippen molar-refractivity contribution < 1.29 is 9.50 Å². The predicted octanol–water partition coefficient (Wildman–Crippen LogP) is 2.50. The van der Waals surface area contributed by atoms with Crippen molar-refractivity contribution >= 4 is 5.69 Å². The summed E-state index contributed by atoms with van der Waals surface area (Å²) >= 11 is 0. The smallest absolute Gasteiger partial charge is 0.146 e. The van der Waals surface area contributed by atoms with Crippen molar-refractivity contribution in [2.45, 2.75) is 24.9 Å². The number of hydrogen-bond donors (Lipinski definition) is 2. The van der Waals surface area contributed by atoms with Gasteiger partial charge in [-0.05, 0) is 25.0 Å². The maximum atomic E-state index is 13.6. The number of imidazole rings is 1. The standard InChI is InChI=1S/C14H16FN3O/c15-11-3-1-2-4-12(11)17-13(8-19)14-7-16-9-18(14)10-5-6-10/h1-4,7,9-10,13,17,19H,5-6,8H2. The minimum Gasteiger partial charge on any atom is -0.394 e. The number of aliphatic hydroxyl groups excluding tert-OH is 1. The number of anilines is 1. The van der Waals surface area contributed by atoms with Crippen molar-refractivity contribution in [2.75, 3.05) is 11.9 Å². The summed E-state index contributed by atoms with van der Waals surface area (Å²) in [7, 11) is 0. The normalized spacial score (nSPS) is 16.3. The van der Waals surface area contributed by atoms with Crippen molar-refractivity contribution in [2.24, 2.45) is 0 Å². The molecule has 0 aliphatic heterocycles. The third kappa shape index (κ3) is 2.46. The van der Waals surface area contributed by atoms with Gasteiger partial charge < -0.3 is 15.0 Å². The highest BCUT2D eigenvalue weighted by molar-refractivity contribution is 5.46.